The number of carbonyl (C=O) groups is 1. The lowest BCUT2D eigenvalue weighted by atomic mass is 10.0. The lowest BCUT2D eigenvalue weighted by Gasteiger charge is -2.22. The van der Waals surface area contributed by atoms with E-state index >= 15 is 0 Å². The third-order valence-corrected chi connectivity index (χ3v) is 4.62. The number of hydrogen-bond acceptors (Lipinski definition) is 5. The first-order valence-electron chi connectivity index (χ1n) is 7.20. The molecule has 6 heteroatoms. The maximum Gasteiger partial charge on any atom is 0.224 e. The first-order chi connectivity index (χ1) is 11.0. The van der Waals surface area contributed by atoms with Crippen LogP contribution in [-0.4, -0.2) is 31.8 Å². The van der Waals surface area contributed by atoms with Crippen LogP contribution in [0.3, 0.4) is 0 Å². The first kappa shape index (κ1) is 17.3. The van der Waals surface area contributed by atoms with E-state index in [-0.39, 0.29) is 18.9 Å². The highest BCUT2D eigenvalue weighted by Gasteiger charge is 2.24. The SMILES string of the molecule is COc1ccc(CC(=O)NCC(C)(O)c2cccs2)cc1OC. The van der Waals surface area contributed by atoms with Crippen molar-refractivity contribution in [2.75, 3.05) is 20.8 Å². The van der Waals surface area contributed by atoms with Crippen molar-refractivity contribution < 1.29 is 19.4 Å². The molecule has 124 valence electrons. The summed E-state index contributed by atoms with van der Waals surface area (Å²) >= 11 is 1.46. The first-order valence-corrected chi connectivity index (χ1v) is 8.08. The molecule has 0 aliphatic rings. The van der Waals surface area contributed by atoms with E-state index in [0.717, 1.165) is 10.4 Å². The predicted octanol–water partition coefficient (Wildman–Crippen LogP) is 2.33. The highest BCUT2D eigenvalue weighted by atomic mass is 32.1. The van der Waals surface area contributed by atoms with Gasteiger partial charge in [-0.3, -0.25) is 4.79 Å². The second kappa shape index (κ2) is 7.48. The predicted molar refractivity (Wildman–Crippen MR) is 90.1 cm³/mol. The molecular weight excluding hydrogens is 314 g/mol. The van der Waals surface area contributed by atoms with Gasteiger partial charge in [-0.1, -0.05) is 12.1 Å². The molecule has 2 rings (SSSR count). The Morgan fingerprint density at radius 1 is 1.26 bits per heavy atom. The molecule has 23 heavy (non-hydrogen) atoms. The average molecular weight is 335 g/mol. The van der Waals surface area contributed by atoms with Crippen LogP contribution < -0.4 is 14.8 Å². The molecule has 0 saturated carbocycles. The Morgan fingerprint density at radius 3 is 2.61 bits per heavy atom. The Kier molecular flexibility index (Phi) is 5.63. The molecule has 0 aliphatic carbocycles. The summed E-state index contributed by atoms with van der Waals surface area (Å²) in [6.07, 6.45) is 0.209. The van der Waals surface area contributed by atoms with Crippen LogP contribution in [0, 0.1) is 0 Å². The van der Waals surface area contributed by atoms with E-state index < -0.39 is 5.60 Å². The van der Waals surface area contributed by atoms with Crippen molar-refractivity contribution in [3.63, 3.8) is 0 Å². The number of hydrogen-bond donors (Lipinski definition) is 2. The maximum atomic E-state index is 12.1. The fourth-order valence-electron chi connectivity index (χ4n) is 2.18. The van der Waals surface area contributed by atoms with Crippen molar-refractivity contribution in [1.29, 1.82) is 0 Å². The van der Waals surface area contributed by atoms with Crippen molar-refractivity contribution in [1.82, 2.24) is 5.32 Å². The van der Waals surface area contributed by atoms with Gasteiger partial charge in [0, 0.05) is 4.88 Å². The van der Waals surface area contributed by atoms with E-state index in [1.807, 2.05) is 23.6 Å². The number of amides is 1. The normalized spacial score (nSPS) is 13.2. The summed E-state index contributed by atoms with van der Waals surface area (Å²) in [6.45, 7) is 1.86. The van der Waals surface area contributed by atoms with Gasteiger partial charge in [0.25, 0.3) is 0 Å². The lowest BCUT2D eigenvalue weighted by molar-refractivity contribution is -0.121. The summed E-state index contributed by atoms with van der Waals surface area (Å²) in [6, 6.07) is 9.09. The van der Waals surface area contributed by atoms with Gasteiger partial charge in [0.15, 0.2) is 11.5 Å². The van der Waals surface area contributed by atoms with Gasteiger partial charge in [-0.15, -0.1) is 11.3 Å². The van der Waals surface area contributed by atoms with Crippen molar-refractivity contribution in [2.24, 2.45) is 0 Å². The van der Waals surface area contributed by atoms with Crippen molar-refractivity contribution in [2.45, 2.75) is 18.9 Å². The van der Waals surface area contributed by atoms with Gasteiger partial charge in [0.2, 0.25) is 5.91 Å². The zero-order valence-corrected chi connectivity index (χ0v) is 14.3. The number of ether oxygens (including phenoxy) is 2. The summed E-state index contributed by atoms with van der Waals surface area (Å²) in [7, 11) is 3.12. The summed E-state index contributed by atoms with van der Waals surface area (Å²) < 4.78 is 10.4. The monoisotopic (exact) mass is 335 g/mol. The molecule has 0 aliphatic heterocycles. The molecule has 0 fully saturated rings. The van der Waals surface area contributed by atoms with Crippen molar-refractivity contribution in [3.8, 4) is 11.5 Å². The van der Waals surface area contributed by atoms with Crippen LogP contribution in [0.1, 0.15) is 17.4 Å². The van der Waals surface area contributed by atoms with Gasteiger partial charge in [-0.25, -0.2) is 0 Å². The summed E-state index contributed by atoms with van der Waals surface area (Å²) in [5, 5.41) is 15.1. The standard InChI is InChI=1S/C17H21NO4S/c1-17(20,15-5-4-8-23-15)11-18-16(19)10-12-6-7-13(21-2)14(9-12)22-3/h4-9,20H,10-11H2,1-3H3,(H,18,19). The van der Waals surface area contributed by atoms with Gasteiger partial charge in [-0.2, -0.15) is 0 Å². The molecular formula is C17H21NO4S. The topological polar surface area (TPSA) is 67.8 Å². The average Bonchev–Trinajstić information content (AvgIpc) is 3.08. The zero-order valence-electron chi connectivity index (χ0n) is 13.5. The van der Waals surface area contributed by atoms with Crippen molar-refractivity contribution >= 4 is 17.2 Å². The summed E-state index contributed by atoms with van der Waals surface area (Å²) in [4.78, 5) is 12.9. The second-order valence-electron chi connectivity index (χ2n) is 5.39. The van der Waals surface area contributed by atoms with Gasteiger partial charge < -0.3 is 19.9 Å². The number of benzene rings is 1. The highest BCUT2D eigenvalue weighted by molar-refractivity contribution is 7.10. The Bertz CT molecular complexity index is 653. The molecule has 1 amide bonds. The fraction of sp³-hybridized carbons (Fsp3) is 0.353. The van der Waals surface area contributed by atoms with E-state index in [1.165, 1.54) is 11.3 Å². The van der Waals surface area contributed by atoms with Crippen LogP contribution in [0.4, 0.5) is 0 Å². The summed E-state index contributed by atoms with van der Waals surface area (Å²) in [5.74, 6) is 1.05. The molecule has 0 radical (unpaired) electrons. The smallest absolute Gasteiger partial charge is 0.224 e. The second-order valence-corrected chi connectivity index (χ2v) is 6.34. The minimum absolute atomic E-state index is 0.158. The minimum atomic E-state index is -1.07. The number of carbonyl (C=O) groups excluding carboxylic acids is 1. The zero-order chi connectivity index (χ0) is 16.9. The van der Waals surface area contributed by atoms with Gasteiger partial charge in [0.1, 0.15) is 5.60 Å². The van der Waals surface area contributed by atoms with Gasteiger partial charge >= 0.3 is 0 Å². The van der Waals surface area contributed by atoms with Crippen LogP contribution in [0.5, 0.6) is 11.5 Å². The molecule has 0 spiro atoms. The lowest BCUT2D eigenvalue weighted by Crippen LogP contribution is -2.38. The molecule has 0 bridgehead atoms. The Balaban J connectivity index is 1.95. The fourth-order valence-corrected chi connectivity index (χ4v) is 2.97. The number of thiophene rings is 1. The minimum Gasteiger partial charge on any atom is -0.493 e. The third-order valence-electron chi connectivity index (χ3n) is 3.49. The van der Waals surface area contributed by atoms with Crippen LogP contribution in [0.25, 0.3) is 0 Å². The van der Waals surface area contributed by atoms with E-state index in [4.69, 9.17) is 9.47 Å². The van der Waals surface area contributed by atoms with Gasteiger partial charge in [0.05, 0.1) is 27.2 Å². The third kappa shape index (κ3) is 4.46. The van der Waals surface area contributed by atoms with Crippen molar-refractivity contribution in [3.05, 3.63) is 46.2 Å². The molecule has 1 heterocycles. The molecule has 1 aromatic carbocycles. The quantitative estimate of drug-likeness (QED) is 0.815. The van der Waals surface area contributed by atoms with Gasteiger partial charge in [-0.05, 0) is 36.1 Å². The Hall–Kier alpha value is -2.05. The highest BCUT2D eigenvalue weighted by Crippen LogP contribution is 2.28. The number of methoxy groups -OCH3 is 2. The number of nitrogens with one attached hydrogen (secondary N) is 1. The van der Waals surface area contributed by atoms with Crippen LogP contribution in [-0.2, 0) is 16.8 Å². The summed E-state index contributed by atoms with van der Waals surface area (Å²) in [5.41, 5.74) is -0.252. The Labute approximate surface area is 139 Å². The molecule has 2 N–H and O–H groups in total. The molecule has 1 unspecified atom stereocenters. The molecule has 1 atom stereocenters. The molecule has 1 aromatic heterocycles. The molecule has 0 saturated heterocycles. The van der Waals surface area contributed by atoms with Crippen LogP contribution in [0.15, 0.2) is 35.7 Å². The van der Waals surface area contributed by atoms with Crippen LogP contribution in [0.2, 0.25) is 0 Å². The van der Waals surface area contributed by atoms with E-state index in [1.54, 1.807) is 33.3 Å². The van der Waals surface area contributed by atoms with Crippen LogP contribution >= 0.6 is 11.3 Å². The number of aliphatic hydroxyl groups is 1. The number of rotatable bonds is 7. The molecule has 5 nitrogen and oxygen atoms in total. The van der Waals surface area contributed by atoms with E-state index in [9.17, 15) is 9.90 Å². The Morgan fingerprint density at radius 2 is 2.00 bits per heavy atom. The largest absolute Gasteiger partial charge is 0.493 e. The van der Waals surface area contributed by atoms with E-state index in [2.05, 4.69) is 5.32 Å². The van der Waals surface area contributed by atoms with E-state index in [0.29, 0.717) is 11.5 Å². The maximum absolute atomic E-state index is 12.1. The molecule has 2 aromatic rings.